The van der Waals surface area contributed by atoms with Crippen LogP contribution in [0.3, 0.4) is 0 Å². The Kier molecular flexibility index (Phi) is 7.16. The summed E-state index contributed by atoms with van der Waals surface area (Å²) in [6.07, 6.45) is 0.276. The number of amides is 2. The van der Waals surface area contributed by atoms with Crippen LogP contribution in [-0.4, -0.2) is 43.9 Å². The van der Waals surface area contributed by atoms with Gasteiger partial charge in [-0.2, -0.15) is 0 Å². The van der Waals surface area contributed by atoms with Gasteiger partial charge >= 0.3 is 0 Å². The second-order valence-corrected chi connectivity index (χ2v) is 6.13. The van der Waals surface area contributed by atoms with Crippen molar-refractivity contribution in [3.8, 4) is 0 Å². The van der Waals surface area contributed by atoms with Crippen molar-refractivity contribution in [1.29, 1.82) is 0 Å². The van der Waals surface area contributed by atoms with Crippen LogP contribution in [-0.2, 0) is 16.0 Å². The number of hydrogen-bond acceptors (Lipinski definition) is 3. The predicted molar refractivity (Wildman–Crippen MR) is 99.0 cm³/mol. The first-order chi connectivity index (χ1) is 12.1. The monoisotopic (exact) mass is 339 g/mol. The zero-order valence-electron chi connectivity index (χ0n) is 14.7. The van der Waals surface area contributed by atoms with Crippen molar-refractivity contribution in [2.45, 2.75) is 12.5 Å². The van der Waals surface area contributed by atoms with Crippen molar-refractivity contribution in [3.63, 3.8) is 0 Å². The first-order valence-electron chi connectivity index (χ1n) is 8.35. The average Bonchev–Trinajstić information content (AvgIpc) is 2.61. The normalized spacial score (nSPS) is 11.8. The van der Waals surface area contributed by atoms with Crippen LogP contribution >= 0.6 is 0 Å². The van der Waals surface area contributed by atoms with Gasteiger partial charge in [0.15, 0.2) is 0 Å². The lowest BCUT2D eigenvalue weighted by Gasteiger charge is -2.25. The number of carbonyl (C=O) groups excluding carboxylic acids is 2. The second kappa shape index (κ2) is 9.59. The van der Waals surface area contributed by atoms with Gasteiger partial charge in [-0.25, -0.2) is 0 Å². The van der Waals surface area contributed by atoms with Gasteiger partial charge in [0, 0.05) is 6.54 Å². The topological polar surface area (TPSA) is 61.4 Å². The van der Waals surface area contributed by atoms with Gasteiger partial charge in [0.1, 0.15) is 0 Å². The molecule has 2 amide bonds. The molecule has 0 aromatic heterocycles. The zero-order valence-corrected chi connectivity index (χ0v) is 14.7. The maximum Gasteiger partial charge on any atom is 0.239 e. The minimum Gasteiger partial charge on any atom is -0.353 e. The summed E-state index contributed by atoms with van der Waals surface area (Å²) < 4.78 is 0. The molecule has 2 aromatic rings. The molecular formula is C20H25N3O2. The van der Waals surface area contributed by atoms with Gasteiger partial charge in [0.25, 0.3) is 0 Å². The number of nitrogens with zero attached hydrogens (tertiary/aromatic N) is 1. The van der Waals surface area contributed by atoms with Gasteiger partial charge in [-0.1, -0.05) is 60.7 Å². The molecule has 0 aliphatic carbocycles. The molecule has 0 heterocycles. The molecule has 2 N–H and O–H groups in total. The summed E-state index contributed by atoms with van der Waals surface area (Å²) in [5, 5.41) is 5.55. The fourth-order valence-electron chi connectivity index (χ4n) is 2.57. The number of likely N-dealkylation sites (N-methyl/N-ethyl adjacent to an activating group) is 1. The molecule has 5 nitrogen and oxygen atoms in total. The molecule has 1 atom stereocenters. The fourth-order valence-corrected chi connectivity index (χ4v) is 2.57. The van der Waals surface area contributed by atoms with E-state index in [1.807, 2.05) is 74.8 Å². The Hall–Kier alpha value is -2.66. The van der Waals surface area contributed by atoms with Gasteiger partial charge in [0.2, 0.25) is 11.8 Å². The molecule has 0 bridgehead atoms. The third-order valence-electron chi connectivity index (χ3n) is 3.95. The summed E-state index contributed by atoms with van der Waals surface area (Å²) in [6, 6.07) is 19.6. The standard InChI is InChI=1S/C20H25N3O2/c1-23(2)18(17-11-7-4-8-12-17)14-21-20(25)15-22-19(24)13-16-9-5-3-6-10-16/h3-12,18H,13-15H2,1-2H3,(H,21,25)(H,22,24). The predicted octanol–water partition coefficient (Wildman–Crippen LogP) is 1.76. The van der Waals surface area contributed by atoms with Crippen LogP contribution in [0.4, 0.5) is 0 Å². The SMILES string of the molecule is CN(C)C(CNC(=O)CNC(=O)Cc1ccccc1)c1ccccc1. The fraction of sp³-hybridized carbons (Fsp3) is 0.300. The molecule has 0 fully saturated rings. The van der Waals surface area contributed by atoms with Gasteiger partial charge in [-0.05, 0) is 25.2 Å². The van der Waals surface area contributed by atoms with E-state index in [4.69, 9.17) is 0 Å². The van der Waals surface area contributed by atoms with E-state index in [0.29, 0.717) is 6.54 Å². The van der Waals surface area contributed by atoms with Crippen molar-refractivity contribution in [3.05, 3.63) is 71.8 Å². The number of rotatable bonds is 8. The minimum absolute atomic E-state index is 0.0133. The van der Waals surface area contributed by atoms with Crippen LogP contribution < -0.4 is 10.6 Å². The van der Waals surface area contributed by atoms with E-state index in [0.717, 1.165) is 11.1 Å². The minimum atomic E-state index is -0.191. The van der Waals surface area contributed by atoms with E-state index in [2.05, 4.69) is 15.5 Å². The molecule has 132 valence electrons. The summed E-state index contributed by atoms with van der Waals surface area (Å²) >= 11 is 0. The lowest BCUT2D eigenvalue weighted by atomic mass is 10.1. The molecule has 0 radical (unpaired) electrons. The van der Waals surface area contributed by atoms with Crippen molar-refractivity contribution in [2.75, 3.05) is 27.2 Å². The highest BCUT2D eigenvalue weighted by Gasteiger charge is 2.15. The van der Waals surface area contributed by atoms with Crippen molar-refractivity contribution < 1.29 is 9.59 Å². The maximum absolute atomic E-state index is 12.0. The molecule has 5 heteroatoms. The Morgan fingerprint density at radius 2 is 1.48 bits per heavy atom. The number of hydrogen-bond donors (Lipinski definition) is 2. The maximum atomic E-state index is 12.0. The van der Waals surface area contributed by atoms with Crippen LogP contribution in [0.1, 0.15) is 17.2 Å². The molecule has 0 aliphatic heterocycles. The quantitative estimate of drug-likeness (QED) is 0.770. The molecule has 1 unspecified atom stereocenters. The Labute approximate surface area is 149 Å². The van der Waals surface area contributed by atoms with E-state index in [1.165, 1.54) is 0 Å². The van der Waals surface area contributed by atoms with Crippen LogP contribution in [0.5, 0.6) is 0 Å². The highest BCUT2D eigenvalue weighted by atomic mass is 16.2. The molecule has 0 saturated heterocycles. The third kappa shape index (κ3) is 6.39. The zero-order chi connectivity index (χ0) is 18.1. The molecule has 0 saturated carbocycles. The summed E-state index contributed by atoms with van der Waals surface area (Å²) in [7, 11) is 3.96. The highest BCUT2D eigenvalue weighted by molar-refractivity contribution is 5.85. The summed E-state index contributed by atoms with van der Waals surface area (Å²) in [5.74, 6) is -0.349. The summed E-state index contributed by atoms with van der Waals surface area (Å²) in [6.45, 7) is 0.477. The van der Waals surface area contributed by atoms with Gasteiger partial charge < -0.3 is 15.5 Å². The molecule has 2 aromatic carbocycles. The molecule has 25 heavy (non-hydrogen) atoms. The Morgan fingerprint density at radius 3 is 2.08 bits per heavy atom. The number of benzene rings is 2. The average molecular weight is 339 g/mol. The number of nitrogens with one attached hydrogen (secondary N) is 2. The molecule has 0 spiro atoms. The van der Waals surface area contributed by atoms with E-state index >= 15 is 0 Å². The van der Waals surface area contributed by atoms with E-state index < -0.39 is 0 Å². The van der Waals surface area contributed by atoms with E-state index in [1.54, 1.807) is 0 Å². The van der Waals surface area contributed by atoms with E-state index in [-0.39, 0.29) is 30.8 Å². The Morgan fingerprint density at radius 1 is 0.880 bits per heavy atom. The van der Waals surface area contributed by atoms with Crippen molar-refractivity contribution >= 4 is 11.8 Å². The Balaban J connectivity index is 1.76. The summed E-state index contributed by atoms with van der Waals surface area (Å²) in [4.78, 5) is 26.0. The van der Waals surface area contributed by atoms with Crippen molar-refractivity contribution in [1.82, 2.24) is 15.5 Å². The number of carbonyl (C=O) groups is 2. The highest BCUT2D eigenvalue weighted by Crippen LogP contribution is 2.16. The lowest BCUT2D eigenvalue weighted by molar-refractivity contribution is -0.125. The Bertz CT molecular complexity index is 672. The van der Waals surface area contributed by atoms with Gasteiger partial charge in [-0.3, -0.25) is 9.59 Å². The van der Waals surface area contributed by atoms with Crippen LogP contribution in [0.25, 0.3) is 0 Å². The first-order valence-corrected chi connectivity index (χ1v) is 8.35. The molecule has 2 rings (SSSR count). The van der Waals surface area contributed by atoms with Crippen molar-refractivity contribution in [2.24, 2.45) is 0 Å². The van der Waals surface area contributed by atoms with Crippen LogP contribution in [0.15, 0.2) is 60.7 Å². The van der Waals surface area contributed by atoms with Crippen LogP contribution in [0.2, 0.25) is 0 Å². The second-order valence-electron chi connectivity index (χ2n) is 6.13. The third-order valence-corrected chi connectivity index (χ3v) is 3.95. The lowest BCUT2D eigenvalue weighted by Crippen LogP contribution is -2.41. The van der Waals surface area contributed by atoms with E-state index in [9.17, 15) is 9.59 Å². The first kappa shape index (κ1) is 18.7. The molecular weight excluding hydrogens is 314 g/mol. The summed E-state index contributed by atoms with van der Waals surface area (Å²) in [5.41, 5.74) is 2.07. The molecule has 0 aliphatic rings. The van der Waals surface area contributed by atoms with Gasteiger partial charge in [0.05, 0.1) is 19.0 Å². The largest absolute Gasteiger partial charge is 0.353 e. The van der Waals surface area contributed by atoms with Gasteiger partial charge in [-0.15, -0.1) is 0 Å². The smallest absolute Gasteiger partial charge is 0.239 e. The van der Waals surface area contributed by atoms with Crippen LogP contribution in [0, 0.1) is 0 Å².